The first-order valence-electron chi connectivity index (χ1n) is 11.0. The van der Waals surface area contributed by atoms with Crippen LogP contribution >= 0.6 is 22.9 Å². The molecule has 10 heteroatoms. The Kier molecular flexibility index (Phi) is 6.43. The molecular weight excluding hydrogens is 462 g/mol. The Morgan fingerprint density at radius 3 is 2.61 bits per heavy atom. The smallest absolute Gasteiger partial charge is 0.264 e. The van der Waals surface area contributed by atoms with E-state index in [-0.39, 0.29) is 17.9 Å². The van der Waals surface area contributed by atoms with Crippen molar-refractivity contribution in [2.75, 3.05) is 32.7 Å². The van der Waals surface area contributed by atoms with E-state index in [4.69, 9.17) is 16.1 Å². The molecule has 2 saturated heterocycles. The number of piperazine rings is 1. The predicted molar refractivity (Wildman–Crippen MR) is 125 cm³/mol. The lowest BCUT2D eigenvalue weighted by Crippen LogP contribution is -2.54. The Morgan fingerprint density at radius 1 is 1.09 bits per heavy atom. The van der Waals surface area contributed by atoms with Crippen LogP contribution in [0.5, 0.6) is 0 Å². The number of hydrogen-bond acceptors (Lipinski definition) is 7. The highest BCUT2D eigenvalue weighted by Crippen LogP contribution is 2.24. The molecule has 1 atom stereocenters. The number of rotatable bonds is 5. The lowest BCUT2D eigenvalue weighted by Gasteiger charge is -2.36. The fraction of sp³-hybridized carbons (Fsp3) is 0.391. The zero-order chi connectivity index (χ0) is 22.8. The van der Waals surface area contributed by atoms with Crippen LogP contribution < -0.4 is 0 Å². The maximum absolute atomic E-state index is 13.2. The van der Waals surface area contributed by atoms with Gasteiger partial charge in [-0.25, -0.2) is 0 Å². The summed E-state index contributed by atoms with van der Waals surface area (Å²) in [6.45, 7) is 3.85. The van der Waals surface area contributed by atoms with Crippen LogP contribution in [0, 0.1) is 0 Å². The van der Waals surface area contributed by atoms with E-state index in [1.807, 2.05) is 34.5 Å². The third kappa shape index (κ3) is 4.80. The molecule has 172 valence electrons. The summed E-state index contributed by atoms with van der Waals surface area (Å²) in [4.78, 5) is 37.0. The maximum Gasteiger partial charge on any atom is 0.264 e. The number of carbonyl (C=O) groups excluding carboxylic acids is 2. The van der Waals surface area contributed by atoms with Crippen molar-refractivity contribution < 1.29 is 14.1 Å². The molecule has 2 fully saturated rings. The lowest BCUT2D eigenvalue weighted by molar-refractivity contribution is -0.137. The Balaban J connectivity index is 1.15. The molecule has 2 aliphatic heterocycles. The van der Waals surface area contributed by atoms with Gasteiger partial charge in [-0.1, -0.05) is 22.8 Å². The van der Waals surface area contributed by atoms with E-state index >= 15 is 0 Å². The van der Waals surface area contributed by atoms with Crippen LogP contribution in [0.15, 0.2) is 46.3 Å². The first-order valence-corrected chi connectivity index (χ1v) is 12.3. The summed E-state index contributed by atoms with van der Waals surface area (Å²) in [7, 11) is 0. The number of benzene rings is 1. The van der Waals surface area contributed by atoms with Gasteiger partial charge in [-0.3, -0.25) is 14.5 Å². The molecule has 2 aliphatic rings. The van der Waals surface area contributed by atoms with Crippen molar-refractivity contribution in [3.63, 3.8) is 0 Å². The van der Waals surface area contributed by atoms with Crippen LogP contribution in [0.4, 0.5) is 0 Å². The molecule has 0 unspecified atom stereocenters. The summed E-state index contributed by atoms with van der Waals surface area (Å²) in [6, 6.07) is 10.6. The quantitative estimate of drug-likeness (QED) is 0.551. The van der Waals surface area contributed by atoms with Gasteiger partial charge in [0, 0.05) is 43.3 Å². The average molecular weight is 486 g/mol. The van der Waals surface area contributed by atoms with E-state index in [1.54, 1.807) is 17.0 Å². The molecule has 0 bridgehead atoms. The van der Waals surface area contributed by atoms with E-state index in [0.717, 1.165) is 31.5 Å². The number of thiophene rings is 1. The van der Waals surface area contributed by atoms with Crippen molar-refractivity contribution >= 4 is 34.8 Å². The molecule has 0 saturated carbocycles. The van der Waals surface area contributed by atoms with Crippen molar-refractivity contribution in [2.45, 2.75) is 25.4 Å². The van der Waals surface area contributed by atoms with Gasteiger partial charge < -0.3 is 14.3 Å². The summed E-state index contributed by atoms with van der Waals surface area (Å²) in [5.41, 5.74) is 0.850. The minimum Gasteiger partial charge on any atom is -0.338 e. The lowest BCUT2D eigenvalue weighted by atomic mass is 10.1. The minimum absolute atomic E-state index is 0.0348. The van der Waals surface area contributed by atoms with Gasteiger partial charge in [0.1, 0.15) is 6.04 Å². The van der Waals surface area contributed by atoms with E-state index < -0.39 is 0 Å². The summed E-state index contributed by atoms with van der Waals surface area (Å²) in [6.07, 6.45) is 1.59. The van der Waals surface area contributed by atoms with Gasteiger partial charge in [-0.2, -0.15) is 4.98 Å². The number of aromatic nitrogens is 2. The highest BCUT2D eigenvalue weighted by molar-refractivity contribution is 7.12. The predicted octanol–water partition coefficient (Wildman–Crippen LogP) is 3.40. The van der Waals surface area contributed by atoms with Gasteiger partial charge in [0.05, 0.1) is 11.4 Å². The van der Waals surface area contributed by atoms with E-state index in [0.29, 0.717) is 47.8 Å². The van der Waals surface area contributed by atoms with Crippen LogP contribution in [-0.2, 0) is 11.3 Å². The molecular formula is C23H24ClN5O3S. The van der Waals surface area contributed by atoms with Crippen molar-refractivity contribution in [3.8, 4) is 11.4 Å². The fourth-order valence-electron chi connectivity index (χ4n) is 4.37. The SMILES string of the molecule is O=C([C@@H]1CCCN1C(=O)c1cccs1)N1CCN(Cc2nc(-c3ccc(Cl)cc3)no2)CC1. The first kappa shape index (κ1) is 22.1. The summed E-state index contributed by atoms with van der Waals surface area (Å²) in [5.74, 6) is 1.10. The standard InChI is InChI=1S/C23H24ClN5O3S/c24-17-7-5-16(6-8-17)21-25-20(32-26-21)15-27-10-12-28(13-11-27)22(30)18-3-1-9-29(18)23(31)19-4-2-14-33-19/h2,4-8,14,18H,1,3,9-13,15H2/t18-/m0/s1. The number of halogens is 1. The van der Waals surface area contributed by atoms with Crippen molar-refractivity contribution in [1.29, 1.82) is 0 Å². The maximum atomic E-state index is 13.2. The second kappa shape index (κ2) is 9.62. The molecule has 0 N–H and O–H groups in total. The van der Waals surface area contributed by atoms with Gasteiger partial charge in [0.15, 0.2) is 0 Å². The molecule has 33 heavy (non-hydrogen) atoms. The topological polar surface area (TPSA) is 82.8 Å². The average Bonchev–Trinajstić information content (AvgIpc) is 3.61. The van der Waals surface area contributed by atoms with Crippen molar-refractivity contribution in [1.82, 2.24) is 24.8 Å². The number of likely N-dealkylation sites (tertiary alicyclic amines) is 1. The second-order valence-electron chi connectivity index (χ2n) is 8.25. The molecule has 5 rings (SSSR count). The van der Waals surface area contributed by atoms with E-state index in [1.165, 1.54) is 11.3 Å². The van der Waals surface area contributed by atoms with E-state index in [2.05, 4.69) is 15.0 Å². The zero-order valence-corrected chi connectivity index (χ0v) is 19.6. The van der Waals surface area contributed by atoms with Crippen molar-refractivity contribution in [3.05, 3.63) is 57.6 Å². The molecule has 2 aromatic heterocycles. The molecule has 3 aromatic rings. The van der Waals surface area contributed by atoms with Crippen LogP contribution in [0.2, 0.25) is 5.02 Å². The second-order valence-corrected chi connectivity index (χ2v) is 9.64. The third-order valence-electron chi connectivity index (χ3n) is 6.14. The van der Waals surface area contributed by atoms with Gasteiger partial charge >= 0.3 is 0 Å². The van der Waals surface area contributed by atoms with Gasteiger partial charge in [0.25, 0.3) is 5.91 Å². The number of amides is 2. The summed E-state index contributed by atoms with van der Waals surface area (Å²) in [5, 5.41) is 6.61. The molecule has 0 aliphatic carbocycles. The van der Waals surface area contributed by atoms with E-state index in [9.17, 15) is 9.59 Å². The van der Waals surface area contributed by atoms with Gasteiger partial charge in [0.2, 0.25) is 17.6 Å². The largest absolute Gasteiger partial charge is 0.338 e. The van der Waals surface area contributed by atoms with Crippen LogP contribution in [0.25, 0.3) is 11.4 Å². The number of nitrogens with zero attached hydrogens (tertiary/aromatic N) is 5. The Morgan fingerprint density at radius 2 is 1.88 bits per heavy atom. The zero-order valence-electron chi connectivity index (χ0n) is 18.0. The molecule has 2 amide bonds. The highest BCUT2D eigenvalue weighted by Gasteiger charge is 2.38. The fourth-order valence-corrected chi connectivity index (χ4v) is 5.18. The Hall–Kier alpha value is -2.75. The molecule has 0 spiro atoms. The van der Waals surface area contributed by atoms with Crippen LogP contribution in [0.3, 0.4) is 0 Å². The number of carbonyl (C=O) groups is 2. The highest BCUT2D eigenvalue weighted by atomic mass is 35.5. The summed E-state index contributed by atoms with van der Waals surface area (Å²) >= 11 is 7.36. The Labute approximate surface area is 200 Å². The molecule has 0 radical (unpaired) electrons. The van der Waals surface area contributed by atoms with Gasteiger partial charge in [-0.15, -0.1) is 11.3 Å². The normalized spacial score (nSPS) is 19.2. The monoisotopic (exact) mass is 485 g/mol. The molecule has 8 nitrogen and oxygen atoms in total. The third-order valence-corrected chi connectivity index (χ3v) is 7.25. The van der Waals surface area contributed by atoms with Crippen LogP contribution in [0.1, 0.15) is 28.4 Å². The van der Waals surface area contributed by atoms with Gasteiger partial charge in [-0.05, 0) is 48.6 Å². The Bertz CT molecular complexity index is 1110. The summed E-state index contributed by atoms with van der Waals surface area (Å²) < 4.78 is 5.42. The minimum atomic E-state index is -0.357. The molecule has 4 heterocycles. The number of hydrogen-bond donors (Lipinski definition) is 0. The molecule has 1 aromatic carbocycles. The first-order chi connectivity index (χ1) is 16.1. The van der Waals surface area contributed by atoms with Crippen molar-refractivity contribution in [2.24, 2.45) is 0 Å². The van der Waals surface area contributed by atoms with Crippen LogP contribution in [-0.4, -0.2) is 75.4 Å².